The van der Waals surface area contributed by atoms with Gasteiger partial charge in [-0.3, -0.25) is 0 Å². The molecule has 0 aliphatic heterocycles. The van der Waals surface area contributed by atoms with Crippen molar-refractivity contribution < 1.29 is 0 Å². The molecule has 0 atom stereocenters. The van der Waals surface area contributed by atoms with Crippen LogP contribution in [0.4, 0.5) is 0 Å². The van der Waals surface area contributed by atoms with E-state index in [2.05, 4.69) is 28.7 Å². The minimum absolute atomic E-state index is 0.580. The lowest BCUT2D eigenvalue weighted by atomic mass is 9.83. The van der Waals surface area contributed by atoms with Gasteiger partial charge in [-0.25, -0.2) is 4.98 Å². The molecule has 17 heavy (non-hydrogen) atoms. The highest BCUT2D eigenvalue weighted by molar-refractivity contribution is 4.98. The SMILES string of the molecule is CCn1cncc1CNCC1(CC)CCCC1. The molecule has 1 aromatic rings. The minimum atomic E-state index is 0.580. The second kappa shape index (κ2) is 5.67. The Morgan fingerprint density at radius 1 is 1.35 bits per heavy atom. The molecule has 0 spiro atoms. The zero-order valence-electron chi connectivity index (χ0n) is 11.2. The Balaban J connectivity index is 1.82. The Morgan fingerprint density at radius 3 is 2.76 bits per heavy atom. The van der Waals surface area contributed by atoms with E-state index in [0.717, 1.165) is 13.1 Å². The molecule has 0 bridgehead atoms. The summed E-state index contributed by atoms with van der Waals surface area (Å²) in [5, 5.41) is 3.64. The molecule has 1 aliphatic rings. The highest BCUT2D eigenvalue weighted by Gasteiger charge is 2.31. The smallest absolute Gasteiger partial charge is 0.0948 e. The van der Waals surface area contributed by atoms with Crippen LogP contribution in [0.5, 0.6) is 0 Å². The number of nitrogens with one attached hydrogen (secondary N) is 1. The van der Waals surface area contributed by atoms with Gasteiger partial charge in [-0.1, -0.05) is 19.8 Å². The monoisotopic (exact) mass is 235 g/mol. The summed E-state index contributed by atoms with van der Waals surface area (Å²) in [4.78, 5) is 4.20. The van der Waals surface area contributed by atoms with Crippen LogP contribution in [-0.2, 0) is 13.1 Å². The maximum atomic E-state index is 4.20. The van der Waals surface area contributed by atoms with Crippen LogP contribution in [0.3, 0.4) is 0 Å². The fraction of sp³-hybridized carbons (Fsp3) is 0.786. The molecule has 2 rings (SSSR count). The Bertz CT molecular complexity index is 337. The summed E-state index contributed by atoms with van der Waals surface area (Å²) >= 11 is 0. The lowest BCUT2D eigenvalue weighted by Crippen LogP contribution is -2.31. The number of aromatic nitrogens is 2. The molecular weight excluding hydrogens is 210 g/mol. The molecule has 1 fully saturated rings. The first-order chi connectivity index (χ1) is 8.29. The Hall–Kier alpha value is -0.830. The van der Waals surface area contributed by atoms with E-state index < -0.39 is 0 Å². The van der Waals surface area contributed by atoms with E-state index in [-0.39, 0.29) is 0 Å². The molecule has 1 heterocycles. The molecule has 1 aromatic heterocycles. The van der Waals surface area contributed by atoms with Gasteiger partial charge in [0.2, 0.25) is 0 Å². The summed E-state index contributed by atoms with van der Waals surface area (Å²) < 4.78 is 2.21. The van der Waals surface area contributed by atoms with Gasteiger partial charge < -0.3 is 9.88 Å². The van der Waals surface area contributed by atoms with Crippen LogP contribution >= 0.6 is 0 Å². The van der Waals surface area contributed by atoms with Crippen molar-refractivity contribution in [2.24, 2.45) is 5.41 Å². The molecule has 1 N–H and O–H groups in total. The molecule has 0 unspecified atom stereocenters. The maximum absolute atomic E-state index is 4.20. The van der Waals surface area contributed by atoms with E-state index in [1.807, 2.05) is 12.5 Å². The van der Waals surface area contributed by atoms with Crippen molar-refractivity contribution >= 4 is 0 Å². The first-order valence-electron chi connectivity index (χ1n) is 6.99. The topological polar surface area (TPSA) is 29.9 Å². The van der Waals surface area contributed by atoms with Gasteiger partial charge in [-0.2, -0.15) is 0 Å². The van der Waals surface area contributed by atoms with Crippen molar-refractivity contribution in [1.29, 1.82) is 0 Å². The number of aryl methyl sites for hydroxylation is 1. The molecule has 0 saturated heterocycles. The largest absolute Gasteiger partial charge is 0.334 e. The van der Waals surface area contributed by atoms with Crippen LogP contribution in [0.1, 0.15) is 51.6 Å². The van der Waals surface area contributed by atoms with Gasteiger partial charge in [0.25, 0.3) is 0 Å². The molecule has 96 valence electrons. The number of imidazole rings is 1. The Kier molecular flexibility index (Phi) is 4.21. The Morgan fingerprint density at radius 2 is 2.12 bits per heavy atom. The standard InChI is InChI=1S/C14H25N3/c1-3-14(7-5-6-8-14)11-15-9-13-10-16-12-17(13)4-2/h10,12,15H,3-9,11H2,1-2H3. The van der Waals surface area contributed by atoms with Gasteiger partial charge in [-0.05, 0) is 31.6 Å². The molecule has 3 heteroatoms. The van der Waals surface area contributed by atoms with Crippen LogP contribution in [-0.4, -0.2) is 16.1 Å². The number of hydrogen-bond donors (Lipinski definition) is 1. The molecule has 1 saturated carbocycles. The van der Waals surface area contributed by atoms with Crippen LogP contribution < -0.4 is 5.32 Å². The highest BCUT2D eigenvalue weighted by atomic mass is 15.1. The van der Waals surface area contributed by atoms with Crippen LogP contribution in [0.25, 0.3) is 0 Å². The van der Waals surface area contributed by atoms with Crippen LogP contribution in [0.15, 0.2) is 12.5 Å². The normalized spacial score (nSPS) is 18.7. The number of nitrogens with zero attached hydrogens (tertiary/aromatic N) is 2. The molecule has 3 nitrogen and oxygen atoms in total. The zero-order valence-corrected chi connectivity index (χ0v) is 11.2. The van der Waals surface area contributed by atoms with Gasteiger partial charge in [0.05, 0.1) is 12.0 Å². The van der Waals surface area contributed by atoms with Crippen molar-refractivity contribution in [3.05, 3.63) is 18.2 Å². The summed E-state index contributed by atoms with van der Waals surface area (Å²) in [6.45, 7) is 7.63. The van der Waals surface area contributed by atoms with Crippen molar-refractivity contribution in [1.82, 2.24) is 14.9 Å². The van der Waals surface area contributed by atoms with Gasteiger partial charge in [0.1, 0.15) is 0 Å². The third-order valence-corrected chi connectivity index (χ3v) is 4.36. The van der Waals surface area contributed by atoms with Crippen molar-refractivity contribution in [3.8, 4) is 0 Å². The van der Waals surface area contributed by atoms with Crippen LogP contribution in [0, 0.1) is 5.41 Å². The zero-order chi connectivity index (χ0) is 12.1. The molecule has 0 aromatic carbocycles. The highest BCUT2D eigenvalue weighted by Crippen LogP contribution is 2.40. The minimum Gasteiger partial charge on any atom is -0.334 e. The second-order valence-electron chi connectivity index (χ2n) is 5.34. The Labute approximate surface area is 105 Å². The first kappa shape index (κ1) is 12.6. The van der Waals surface area contributed by atoms with E-state index in [1.165, 1.54) is 44.3 Å². The third kappa shape index (κ3) is 2.89. The predicted molar refractivity (Wildman–Crippen MR) is 70.8 cm³/mol. The van der Waals surface area contributed by atoms with E-state index in [9.17, 15) is 0 Å². The maximum Gasteiger partial charge on any atom is 0.0948 e. The summed E-state index contributed by atoms with van der Waals surface area (Å²) in [5.74, 6) is 0. The average molecular weight is 235 g/mol. The van der Waals surface area contributed by atoms with Crippen molar-refractivity contribution in [3.63, 3.8) is 0 Å². The lowest BCUT2D eigenvalue weighted by molar-refractivity contribution is 0.267. The van der Waals surface area contributed by atoms with Gasteiger partial charge in [-0.15, -0.1) is 0 Å². The number of hydrogen-bond acceptors (Lipinski definition) is 2. The van der Waals surface area contributed by atoms with E-state index in [4.69, 9.17) is 0 Å². The van der Waals surface area contributed by atoms with Crippen LogP contribution in [0.2, 0.25) is 0 Å². The van der Waals surface area contributed by atoms with Crippen molar-refractivity contribution in [2.45, 2.75) is 59.0 Å². The summed E-state index contributed by atoms with van der Waals surface area (Å²) in [6, 6.07) is 0. The lowest BCUT2D eigenvalue weighted by Gasteiger charge is -2.27. The summed E-state index contributed by atoms with van der Waals surface area (Å²) in [7, 11) is 0. The van der Waals surface area contributed by atoms with E-state index >= 15 is 0 Å². The predicted octanol–water partition coefficient (Wildman–Crippen LogP) is 2.96. The van der Waals surface area contributed by atoms with E-state index in [1.54, 1.807) is 0 Å². The quantitative estimate of drug-likeness (QED) is 0.821. The molecule has 0 radical (unpaired) electrons. The summed E-state index contributed by atoms with van der Waals surface area (Å²) in [5.41, 5.74) is 1.88. The summed E-state index contributed by atoms with van der Waals surface area (Å²) in [6.07, 6.45) is 10.9. The van der Waals surface area contributed by atoms with Gasteiger partial charge >= 0.3 is 0 Å². The fourth-order valence-electron chi connectivity index (χ4n) is 3.02. The number of rotatable bonds is 6. The molecule has 0 amide bonds. The van der Waals surface area contributed by atoms with Gasteiger partial charge in [0.15, 0.2) is 0 Å². The first-order valence-corrected chi connectivity index (χ1v) is 6.99. The average Bonchev–Trinajstić information content (AvgIpc) is 2.98. The van der Waals surface area contributed by atoms with E-state index in [0.29, 0.717) is 5.41 Å². The third-order valence-electron chi connectivity index (χ3n) is 4.36. The fourth-order valence-corrected chi connectivity index (χ4v) is 3.02. The van der Waals surface area contributed by atoms with Crippen molar-refractivity contribution in [2.75, 3.05) is 6.54 Å². The molecular formula is C14H25N3. The van der Waals surface area contributed by atoms with Gasteiger partial charge in [0, 0.05) is 25.8 Å². The second-order valence-corrected chi connectivity index (χ2v) is 5.34. The molecule has 1 aliphatic carbocycles.